The van der Waals surface area contributed by atoms with Crippen LogP contribution >= 0.6 is 0 Å². The van der Waals surface area contributed by atoms with Crippen molar-refractivity contribution in [1.29, 1.82) is 0 Å². The Balaban J connectivity index is 1.45. The van der Waals surface area contributed by atoms with Crippen LogP contribution in [0.15, 0.2) is 48.5 Å². The molecule has 4 aromatic rings. The van der Waals surface area contributed by atoms with Gasteiger partial charge in [-0.3, -0.25) is 4.79 Å². The molecule has 0 aromatic heterocycles. The highest BCUT2D eigenvalue weighted by Gasteiger charge is 2.65. The molecule has 0 radical (unpaired) electrons. The first-order valence-corrected chi connectivity index (χ1v) is 19.7. The van der Waals surface area contributed by atoms with Crippen LogP contribution in [0.1, 0.15) is 129 Å². The Kier molecular flexibility index (Phi) is 8.60. The molecule has 286 valence electrons. The Morgan fingerprint density at radius 3 is 1.24 bits per heavy atom. The third-order valence-corrected chi connectivity index (χ3v) is 14.5. The number of fused-ring (bicyclic) bond motifs is 10. The fourth-order valence-electron chi connectivity index (χ4n) is 9.52. The van der Waals surface area contributed by atoms with Gasteiger partial charge in [0, 0.05) is 98.9 Å². The van der Waals surface area contributed by atoms with E-state index in [0.717, 1.165) is 12.5 Å². The van der Waals surface area contributed by atoms with Crippen LogP contribution in [0, 0.1) is 16.7 Å². The lowest BCUT2D eigenvalue weighted by Gasteiger charge is -2.35. The number of hydrogen-bond acceptors (Lipinski definition) is 11. The summed E-state index contributed by atoms with van der Waals surface area (Å²) in [5.41, 5.74) is 0.697. The number of hydrogen-bond donors (Lipinski definition) is 7. The van der Waals surface area contributed by atoms with E-state index in [-0.39, 0.29) is 74.4 Å². The van der Waals surface area contributed by atoms with Crippen LogP contribution in [0.3, 0.4) is 0 Å². The molecule has 0 aliphatic heterocycles. The van der Waals surface area contributed by atoms with Crippen molar-refractivity contribution < 1.29 is 53.1 Å². The molecule has 10 bridgehead atoms. The van der Waals surface area contributed by atoms with Gasteiger partial charge in [0.25, 0.3) is 0 Å². The minimum absolute atomic E-state index is 0.0740. The van der Waals surface area contributed by atoms with Crippen molar-refractivity contribution in [2.75, 3.05) is 5.75 Å². The standard InChI is InChI=1S/C42H46O11S/c1-19-24-10-25(33(44)14-32(24)43)20(2)28-12-29(37(48)16-36(28)47)22(4)31-13-30(21(3)27-11-26(19)34(45)15-35(27)46)38(49)17-39(31)53-54(51,52)18-42-8-7-23(9-40(42)50)41(42,5)6/h10-17,19-23,43-49H,7-9,18H2,1-6H3/t19-,20+,21-,22+,23-,42-/m1/s1. The molecule has 12 heteroatoms. The molecular weight excluding hydrogens is 713 g/mol. The fourth-order valence-corrected chi connectivity index (χ4v) is 11.3. The highest BCUT2D eigenvalue weighted by molar-refractivity contribution is 7.87. The molecule has 54 heavy (non-hydrogen) atoms. The zero-order valence-electron chi connectivity index (χ0n) is 31.0. The maximum Gasteiger partial charge on any atom is 0.310 e. The van der Waals surface area contributed by atoms with E-state index in [1.165, 1.54) is 18.2 Å². The molecule has 4 aromatic carbocycles. The molecule has 3 aliphatic carbocycles. The normalized spacial score (nSPS) is 25.8. The highest BCUT2D eigenvalue weighted by Crippen LogP contribution is 2.64. The van der Waals surface area contributed by atoms with Crippen molar-refractivity contribution in [3.63, 3.8) is 0 Å². The monoisotopic (exact) mass is 758 g/mol. The summed E-state index contributed by atoms with van der Waals surface area (Å²) in [5.74, 6) is -5.79. The second kappa shape index (κ2) is 12.5. The number of phenols is 7. The van der Waals surface area contributed by atoms with E-state index in [2.05, 4.69) is 0 Å². The fraction of sp³-hybridized carbons (Fsp3) is 0.405. The maximum atomic E-state index is 14.0. The van der Waals surface area contributed by atoms with Crippen LogP contribution in [0.5, 0.6) is 46.0 Å². The largest absolute Gasteiger partial charge is 0.508 e. The smallest absolute Gasteiger partial charge is 0.310 e. The summed E-state index contributed by atoms with van der Waals surface area (Å²) < 4.78 is 33.9. The highest BCUT2D eigenvalue weighted by atomic mass is 32.2. The number of Topliss-reactive ketones (excluding diaryl/α,β-unsaturated/α-hetero) is 1. The van der Waals surface area contributed by atoms with Gasteiger partial charge in [0.1, 0.15) is 51.8 Å². The number of carbonyl (C=O) groups excluding carboxylic acids is 1. The van der Waals surface area contributed by atoms with Crippen LogP contribution in [0.25, 0.3) is 0 Å². The van der Waals surface area contributed by atoms with Crippen molar-refractivity contribution in [2.24, 2.45) is 16.7 Å². The van der Waals surface area contributed by atoms with Gasteiger partial charge in [0.05, 0.1) is 11.2 Å². The second-order valence-electron chi connectivity index (χ2n) is 16.2. The van der Waals surface area contributed by atoms with Gasteiger partial charge in [-0.25, -0.2) is 0 Å². The minimum atomic E-state index is -4.46. The van der Waals surface area contributed by atoms with E-state index in [0.29, 0.717) is 40.7 Å². The number of carbonyl (C=O) groups is 1. The van der Waals surface area contributed by atoms with Crippen LogP contribution in [0.4, 0.5) is 0 Å². The van der Waals surface area contributed by atoms with Crippen molar-refractivity contribution >= 4 is 15.9 Å². The van der Waals surface area contributed by atoms with Gasteiger partial charge >= 0.3 is 10.1 Å². The van der Waals surface area contributed by atoms with E-state index in [9.17, 15) is 49.0 Å². The average Bonchev–Trinajstić information content (AvgIpc) is 3.41. The summed E-state index contributed by atoms with van der Waals surface area (Å²) in [6.07, 6.45) is 1.47. The summed E-state index contributed by atoms with van der Waals surface area (Å²) in [6, 6.07) is 10.9. The average molecular weight is 759 g/mol. The SMILES string of the molecule is C[C@H]1c2cc(c(O)cc2O)[C@@H](C)c2cc(c(OS(=O)(=O)C[C@]34CC[C@H](CC3=O)C4(C)C)cc2O)[C@@H](C)c2cc(c(O)cc2O)[C@@H](C)c2cc1c(O)cc2O. The van der Waals surface area contributed by atoms with E-state index >= 15 is 0 Å². The Morgan fingerprint density at radius 2 is 0.907 bits per heavy atom. The molecule has 2 fully saturated rings. The van der Waals surface area contributed by atoms with E-state index < -0.39 is 50.4 Å². The molecule has 3 aliphatic rings. The predicted octanol–water partition coefficient (Wildman–Crippen LogP) is 7.65. The van der Waals surface area contributed by atoms with Crippen LogP contribution in [-0.2, 0) is 14.9 Å². The van der Waals surface area contributed by atoms with E-state index in [1.807, 2.05) is 13.8 Å². The van der Waals surface area contributed by atoms with Crippen LogP contribution < -0.4 is 4.18 Å². The Morgan fingerprint density at radius 1 is 0.574 bits per heavy atom. The summed E-state index contributed by atoms with van der Waals surface area (Å²) >= 11 is 0. The molecule has 0 saturated heterocycles. The molecule has 0 spiro atoms. The van der Waals surface area contributed by atoms with Crippen LogP contribution in [-0.4, -0.2) is 55.7 Å². The van der Waals surface area contributed by atoms with Gasteiger partial charge in [0.2, 0.25) is 0 Å². The van der Waals surface area contributed by atoms with Gasteiger partial charge in [-0.2, -0.15) is 8.42 Å². The third kappa shape index (κ3) is 5.59. The van der Waals surface area contributed by atoms with Crippen molar-refractivity contribution in [1.82, 2.24) is 0 Å². The first-order valence-electron chi connectivity index (χ1n) is 18.2. The second-order valence-corrected chi connectivity index (χ2v) is 17.8. The van der Waals surface area contributed by atoms with Crippen LogP contribution in [0.2, 0.25) is 0 Å². The summed E-state index contributed by atoms with van der Waals surface area (Å²) in [4.78, 5) is 13.3. The third-order valence-electron chi connectivity index (χ3n) is 13.2. The zero-order chi connectivity index (χ0) is 39.4. The maximum absolute atomic E-state index is 14.0. The first-order chi connectivity index (χ1) is 25.2. The van der Waals surface area contributed by atoms with Crippen molar-refractivity contribution in [3.05, 3.63) is 93.0 Å². The van der Waals surface area contributed by atoms with Crippen molar-refractivity contribution in [2.45, 2.75) is 84.5 Å². The Bertz CT molecular complexity index is 2340. The van der Waals surface area contributed by atoms with Gasteiger partial charge in [-0.05, 0) is 48.4 Å². The van der Waals surface area contributed by atoms with Gasteiger partial charge < -0.3 is 39.9 Å². The molecule has 0 heterocycles. The molecule has 0 amide bonds. The van der Waals surface area contributed by atoms with Gasteiger partial charge in [-0.1, -0.05) is 41.5 Å². The number of rotatable bonds is 4. The lowest BCUT2D eigenvalue weighted by molar-refractivity contribution is -0.128. The number of aromatic hydroxyl groups is 7. The number of benzene rings is 4. The Labute approximate surface area is 314 Å². The van der Waals surface area contributed by atoms with E-state index in [1.54, 1.807) is 52.0 Å². The molecule has 0 unspecified atom stereocenters. The summed E-state index contributed by atoms with van der Waals surface area (Å²) in [6.45, 7) is 10.7. The van der Waals surface area contributed by atoms with E-state index in [4.69, 9.17) is 4.18 Å². The molecular formula is C42H46O11S. The lowest BCUT2D eigenvalue weighted by atomic mass is 9.70. The van der Waals surface area contributed by atoms with Gasteiger partial charge in [0.15, 0.2) is 0 Å². The predicted molar refractivity (Wildman–Crippen MR) is 200 cm³/mol. The molecule has 2 saturated carbocycles. The number of ketones is 1. The lowest BCUT2D eigenvalue weighted by Crippen LogP contribution is -2.43. The molecule has 7 rings (SSSR count). The molecule has 11 nitrogen and oxygen atoms in total. The minimum Gasteiger partial charge on any atom is -0.508 e. The molecule has 6 atom stereocenters. The quantitative estimate of drug-likeness (QED) is 0.101. The first kappa shape index (κ1) is 37.2. The zero-order valence-corrected chi connectivity index (χ0v) is 31.8. The Hall–Kier alpha value is -5.10. The van der Waals surface area contributed by atoms with Crippen molar-refractivity contribution in [3.8, 4) is 46.0 Å². The number of phenolic OH excluding ortho intramolecular Hbond substituents is 7. The molecule has 7 N–H and O–H groups in total. The summed E-state index contributed by atoms with van der Waals surface area (Å²) in [5, 5.41) is 78.2. The summed E-state index contributed by atoms with van der Waals surface area (Å²) in [7, 11) is -4.46. The van der Waals surface area contributed by atoms with Gasteiger partial charge in [-0.15, -0.1) is 0 Å². The topological polar surface area (TPSA) is 202 Å².